The first-order chi connectivity index (χ1) is 37.8. The van der Waals surface area contributed by atoms with Crippen LogP contribution in [0.3, 0.4) is 0 Å². The van der Waals surface area contributed by atoms with Crippen molar-refractivity contribution in [2.75, 3.05) is 0 Å². The predicted octanol–water partition coefficient (Wildman–Crippen LogP) is 12.9. The Morgan fingerprint density at radius 1 is 0.130 bits per heavy atom. The van der Waals surface area contributed by atoms with Crippen LogP contribution in [0, 0.1) is 0 Å². The Balaban J connectivity index is 0.000000172. The molecule has 77 heavy (non-hydrogen) atoms. The molecular formula is C72H58OP4. The van der Waals surface area contributed by atoms with E-state index in [9.17, 15) is 0 Å². The van der Waals surface area contributed by atoms with Crippen LogP contribution in [0.4, 0.5) is 0 Å². The average Bonchev–Trinajstić information content (AvgIpc) is 3.52. The van der Waals surface area contributed by atoms with Crippen LogP contribution in [0.2, 0.25) is 0 Å². The summed E-state index contributed by atoms with van der Waals surface area (Å²) in [6, 6.07) is 124. The third-order valence-corrected chi connectivity index (χ3v) is 23.3. The van der Waals surface area contributed by atoms with Gasteiger partial charge in [-0.05, 0) is 118 Å². The minimum atomic E-state index is -0.723. The quantitative estimate of drug-likeness (QED) is 0.0972. The van der Waals surface area contributed by atoms with Crippen molar-refractivity contribution < 1.29 is 5.48 Å². The van der Waals surface area contributed by atoms with Gasteiger partial charge in [0, 0.05) is 0 Å². The van der Waals surface area contributed by atoms with Crippen LogP contribution in [-0.4, -0.2) is 5.48 Å². The molecule has 0 aliphatic carbocycles. The van der Waals surface area contributed by atoms with Gasteiger partial charge in [-0.2, -0.15) is 0 Å². The molecular weight excluding hydrogens is 1000 g/mol. The van der Waals surface area contributed by atoms with Crippen LogP contribution in [0.15, 0.2) is 340 Å². The Bertz CT molecular complexity index is 3040. The highest BCUT2D eigenvalue weighted by Crippen LogP contribution is 2.43. The van der Waals surface area contributed by atoms with Crippen molar-refractivity contribution in [1.82, 2.24) is 0 Å². The summed E-state index contributed by atoms with van der Waals surface area (Å²) in [5.41, 5.74) is 5.28. The van der Waals surface area contributed by atoms with E-state index in [4.69, 9.17) is 0 Å². The van der Waals surface area contributed by atoms with Crippen LogP contribution in [0.5, 0.6) is 0 Å². The third-order valence-electron chi connectivity index (χ3n) is 13.3. The van der Waals surface area contributed by atoms with Gasteiger partial charge in [0.2, 0.25) is 0 Å². The van der Waals surface area contributed by atoms with Gasteiger partial charge < -0.3 is 5.48 Å². The SMILES string of the molecule is O.c1ccc(P(c2ccccc2)c2ccccc2-c2ccccc2P(c2ccccc2)c2ccccc2)cc1.c1ccc(P(c2ccccc2)c2ccccc2-c2ccccc2P(c2ccccc2)c2ccccc2)cc1. The van der Waals surface area contributed by atoms with Gasteiger partial charge in [0.05, 0.1) is 0 Å². The molecule has 5 heteroatoms. The number of rotatable bonds is 14. The van der Waals surface area contributed by atoms with E-state index in [1.807, 2.05) is 0 Å². The fourth-order valence-corrected chi connectivity index (χ4v) is 19.8. The van der Waals surface area contributed by atoms with Crippen molar-refractivity contribution >= 4 is 95.3 Å². The van der Waals surface area contributed by atoms with Crippen LogP contribution in [-0.2, 0) is 0 Å². The van der Waals surface area contributed by atoms with E-state index < -0.39 is 31.7 Å². The van der Waals surface area contributed by atoms with Crippen molar-refractivity contribution in [2.24, 2.45) is 0 Å². The highest BCUT2D eigenvalue weighted by molar-refractivity contribution is 7.81. The van der Waals surface area contributed by atoms with Gasteiger partial charge in [-0.25, -0.2) is 0 Å². The zero-order valence-electron chi connectivity index (χ0n) is 42.6. The van der Waals surface area contributed by atoms with E-state index in [1.165, 1.54) is 85.9 Å². The molecule has 0 unspecified atom stereocenters. The molecule has 0 radical (unpaired) electrons. The van der Waals surface area contributed by atoms with Gasteiger partial charge in [0.1, 0.15) is 0 Å². The van der Waals surface area contributed by atoms with E-state index in [1.54, 1.807) is 0 Å². The first kappa shape index (κ1) is 52.7. The molecule has 12 rings (SSSR count). The molecule has 0 heterocycles. The van der Waals surface area contributed by atoms with Crippen molar-refractivity contribution in [2.45, 2.75) is 0 Å². The maximum absolute atomic E-state index is 2.34. The summed E-state index contributed by atoms with van der Waals surface area (Å²) in [4.78, 5) is 0. The van der Waals surface area contributed by atoms with Crippen LogP contribution in [0.1, 0.15) is 0 Å². The number of hydrogen-bond acceptors (Lipinski definition) is 0. The van der Waals surface area contributed by atoms with Crippen LogP contribution < -0.4 is 63.7 Å². The lowest BCUT2D eigenvalue weighted by molar-refractivity contribution is 0.824. The topological polar surface area (TPSA) is 31.5 Å². The molecule has 12 aromatic rings. The van der Waals surface area contributed by atoms with Crippen LogP contribution >= 0.6 is 31.7 Å². The fourth-order valence-electron chi connectivity index (χ4n) is 9.91. The third kappa shape index (κ3) is 12.3. The second-order valence-electron chi connectivity index (χ2n) is 18.1. The summed E-state index contributed by atoms with van der Waals surface area (Å²) < 4.78 is 0. The standard InChI is InChI=1S/2C36H28P2.H2O/c2*1-5-17-29(18-6-1)37(30-19-7-2-8-20-30)35-27-15-13-25-33(35)34-26-14-16-28-36(34)38(31-21-9-3-10-22-31)32-23-11-4-12-24-32;/h2*1-28H;1H2. The summed E-state index contributed by atoms with van der Waals surface area (Å²) in [5.74, 6) is 0. The number of hydrogen-bond donors (Lipinski definition) is 0. The molecule has 12 aromatic carbocycles. The summed E-state index contributed by atoms with van der Waals surface area (Å²) in [6.07, 6.45) is 0. The van der Waals surface area contributed by atoms with Gasteiger partial charge in [-0.1, -0.05) is 340 Å². The highest BCUT2D eigenvalue weighted by Gasteiger charge is 2.27. The van der Waals surface area contributed by atoms with Crippen molar-refractivity contribution in [3.05, 3.63) is 340 Å². The summed E-state index contributed by atoms with van der Waals surface area (Å²) >= 11 is 0. The summed E-state index contributed by atoms with van der Waals surface area (Å²) in [7, 11) is -2.89. The molecule has 0 aliphatic rings. The smallest absolute Gasteiger partial charge is 0.00724 e. The molecule has 0 spiro atoms. The van der Waals surface area contributed by atoms with Gasteiger partial charge >= 0.3 is 0 Å². The van der Waals surface area contributed by atoms with Crippen molar-refractivity contribution in [3.63, 3.8) is 0 Å². The minimum absolute atomic E-state index is 0. The average molecular weight is 1060 g/mol. The predicted molar refractivity (Wildman–Crippen MR) is 342 cm³/mol. The normalized spacial score (nSPS) is 11.0. The Labute approximate surface area is 460 Å². The summed E-state index contributed by atoms with van der Waals surface area (Å²) in [5, 5.41) is 16.5. The molecule has 0 fully saturated rings. The number of benzene rings is 12. The molecule has 2 N–H and O–H groups in total. The maximum Gasteiger partial charge on any atom is -0.00724 e. The second-order valence-corrected chi connectivity index (χ2v) is 26.8. The molecule has 0 aromatic heterocycles. The van der Waals surface area contributed by atoms with E-state index in [0.29, 0.717) is 0 Å². The monoisotopic (exact) mass is 1060 g/mol. The molecule has 0 saturated carbocycles. The lowest BCUT2D eigenvalue weighted by Gasteiger charge is -2.26. The molecule has 0 atom stereocenters. The fraction of sp³-hybridized carbons (Fsp3) is 0. The Hall–Kier alpha value is -7.68. The molecule has 1 nitrogen and oxygen atoms in total. The Morgan fingerprint density at radius 3 is 0.390 bits per heavy atom. The maximum atomic E-state index is 2.34. The van der Waals surface area contributed by atoms with Gasteiger partial charge in [-0.15, -0.1) is 0 Å². The zero-order valence-corrected chi connectivity index (χ0v) is 46.2. The van der Waals surface area contributed by atoms with E-state index in [0.717, 1.165) is 0 Å². The first-order valence-corrected chi connectivity index (χ1v) is 31.1. The van der Waals surface area contributed by atoms with Crippen molar-refractivity contribution in [3.8, 4) is 22.3 Å². The van der Waals surface area contributed by atoms with E-state index in [-0.39, 0.29) is 5.48 Å². The largest absolute Gasteiger partial charge is 0.412 e. The summed E-state index contributed by atoms with van der Waals surface area (Å²) in [6.45, 7) is 0. The molecule has 0 saturated heterocycles. The second kappa shape index (κ2) is 26.4. The first-order valence-electron chi connectivity index (χ1n) is 25.8. The van der Waals surface area contributed by atoms with E-state index in [2.05, 4.69) is 340 Å². The molecule has 0 aliphatic heterocycles. The molecule has 372 valence electrons. The molecule has 0 bridgehead atoms. The lowest BCUT2D eigenvalue weighted by Crippen LogP contribution is -2.25. The van der Waals surface area contributed by atoms with Gasteiger partial charge in [-0.3, -0.25) is 0 Å². The highest BCUT2D eigenvalue weighted by atomic mass is 31.1. The Morgan fingerprint density at radius 2 is 0.247 bits per heavy atom. The van der Waals surface area contributed by atoms with Gasteiger partial charge in [0.25, 0.3) is 0 Å². The van der Waals surface area contributed by atoms with Gasteiger partial charge in [0.15, 0.2) is 0 Å². The van der Waals surface area contributed by atoms with E-state index >= 15 is 0 Å². The lowest BCUT2D eigenvalue weighted by atomic mass is 10.1. The molecule has 0 amide bonds. The Kier molecular flexibility index (Phi) is 18.1. The van der Waals surface area contributed by atoms with Crippen molar-refractivity contribution in [1.29, 1.82) is 0 Å². The van der Waals surface area contributed by atoms with Crippen LogP contribution in [0.25, 0.3) is 22.3 Å². The minimum Gasteiger partial charge on any atom is -0.412 e. The zero-order chi connectivity index (χ0) is 51.1.